The maximum atomic E-state index is 11.7. The molecule has 22 heavy (non-hydrogen) atoms. The van der Waals surface area contributed by atoms with E-state index in [2.05, 4.69) is 45.0 Å². The molecule has 0 fully saturated rings. The summed E-state index contributed by atoms with van der Waals surface area (Å²) < 4.78 is 5.24. The Hall–Kier alpha value is -2.09. The van der Waals surface area contributed by atoms with Crippen molar-refractivity contribution in [3.8, 4) is 5.75 Å². The molecule has 0 aliphatic heterocycles. The third kappa shape index (κ3) is 3.76. The molecular formula is C20H24O2. The van der Waals surface area contributed by atoms with E-state index in [4.69, 9.17) is 4.74 Å². The van der Waals surface area contributed by atoms with Crippen molar-refractivity contribution in [2.75, 3.05) is 7.11 Å². The fourth-order valence-corrected chi connectivity index (χ4v) is 2.50. The number of ether oxygens (including phenoxy) is 1. The molecule has 2 rings (SSSR count). The first-order valence-corrected chi connectivity index (χ1v) is 7.58. The summed E-state index contributed by atoms with van der Waals surface area (Å²) in [4.78, 5) is 11.7. The maximum Gasteiger partial charge on any atom is 0.163 e. The van der Waals surface area contributed by atoms with Gasteiger partial charge in [-0.05, 0) is 47.6 Å². The highest BCUT2D eigenvalue weighted by Crippen LogP contribution is 2.24. The van der Waals surface area contributed by atoms with Gasteiger partial charge < -0.3 is 4.74 Å². The number of ketones is 1. The van der Waals surface area contributed by atoms with Crippen molar-refractivity contribution in [2.24, 2.45) is 0 Å². The van der Waals surface area contributed by atoms with Gasteiger partial charge in [-0.15, -0.1) is 0 Å². The summed E-state index contributed by atoms with van der Waals surface area (Å²) in [6.45, 7) is 8.21. The average molecular weight is 296 g/mol. The van der Waals surface area contributed by atoms with Gasteiger partial charge in [-0.1, -0.05) is 51.1 Å². The first-order valence-electron chi connectivity index (χ1n) is 7.58. The van der Waals surface area contributed by atoms with Gasteiger partial charge in [0.1, 0.15) is 5.75 Å². The van der Waals surface area contributed by atoms with Gasteiger partial charge in [-0.3, -0.25) is 4.79 Å². The molecule has 2 aromatic rings. The predicted octanol–water partition coefficient (Wildman–Crippen LogP) is 4.79. The lowest BCUT2D eigenvalue weighted by atomic mass is 9.86. The van der Waals surface area contributed by atoms with E-state index in [-0.39, 0.29) is 11.2 Å². The molecule has 2 heteroatoms. The molecule has 0 saturated heterocycles. The van der Waals surface area contributed by atoms with E-state index in [1.807, 2.05) is 18.2 Å². The fourth-order valence-electron chi connectivity index (χ4n) is 2.50. The zero-order chi connectivity index (χ0) is 16.3. The normalized spacial score (nSPS) is 11.3. The Kier molecular flexibility index (Phi) is 4.70. The predicted molar refractivity (Wildman–Crippen MR) is 90.9 cm³/mol. The van der Waals surface area contributed by atoms with Crippen LogP contribution in [0, 0.1) is 0 Å². The topological polar surface area (TPSA) is 26.3 Å². The van der Waals surface area contributed by atoms with Crippen LogP contribution in [0.15, 0.2) is 42.5 Å². The highest BCUT2D eigenvalue weighted by molar-refractivity contribution is 5.97. The maximum absolute atomic E-state index is 11.7. The molecule has 0 saturated carbocycles. The van der Waals surface area contributed by atoms with Crippen LogP contribution in [0.1, 0.15) is 54.7 Å². The van der Waals surface area contributed by atoms with E-state index in [0.717, 1.165) is 12.0 Å². The second-order valence-corrected chi connectivity index (χ2v) is 6.71. The van der Waals surface area contributed by atoms with E-state index < -0.39 is 0 Å². The van der Waals surface area contributed by atoms with Crippen LogP contribution in [-0.2, 0) is 11.8 Å². The van der Waals surface area contributed by atoms with Crippen molar-refractivity contribution < 1.29 is 9.53 Å². The molecule has 0 radical (unpaired) electrons. The molecule has 116 valence electrons. The van der Waals surface area contributed by atoms with Gasteiger partial charge in [0, 0.05) is 0 Å². The minimum absolute atomic E-state index is 0.0294. The molecule has 0 atom stereocenters. The third-order valence-electron chi connectivity index (χ3n) is 3.87. The lowest BCUT2D eigenvalue weighted by molar-refractivity contribution is 0.101. The summed E-state index contributed by atoms with van der Waals surface area (Å²) in [5, 5.41) is 0. The van der Waals surface area contributed by atoms with Gasteiger partial charge in [0.2, 0.25) is 0 Å². The number of benzene rings is 2. The first kappa shape index (κ1) is 16.3. The third-order valence-corrected chi connectivity index (χ3v) is 3.87. The van der Waals surface area contributed by atoms with Crippen molar-refractivity contribution in [2.45, 2.75) is 39.5 Å². The van der Waals surface area contributed by atoms with Crippen LogP contribution in [0.2, 0.25) is 0 Å². The van der Waals surface area contributed by atoms with Crippen molar-refractivity contribution in [3.63, 3.8) is 0 Å². The summed E-state index contributed by atoms with van der Waals surface area (Å²) in [5.41, 5.74) is 4.50. The Balaban J connectivity index is 2.24. The highest BCUT2D eigenvalue weighted by atomic mass is 16.5. The summed E-state index contributed by atoms with van der Waals surface area (Å²) in [5.74, 6) is 0.668. The van der Waals surface area contributed by atoms with E-state index in [0.29, 0.717) is 11.3 Å². The van der Waals surface area contributed by atoms with Crippen LogP contribution >= 0.6 is 0 Å². The Labute approximate surface area is 133 Å². The smallest absolute Gasteiger partial charge is 0.163 e. The number of rotatable bonds is 4. The number of hydrogen-bond donors (Lipinski definition) is 0. The fraction of sp³-hybridized carbons (Fsp3) is 0.350. The number of carbonyl (C=O) groups excluding carboxylic acids is 1. The molecule has 0 aliphatic carbocycles. The molecule has 0 aromatic heterocycles. The van der Waals surface area contributed by atoms with Gasteiger partial charge in [0.25, 0.3) is 0 Å². The van der Waals surface area contributed by atoms with Crippen molar-refractivity contribution in [1.29, 1.82) is 0 Å². The van der Waals surface area contributed by atoms with Gasteiger partial charge in [-0.2, -0.15) is 0 Å². The zero-order valence-electron chi connectivity index (χ0n) is 14.1. The van der Waals surface area contributed by atoms with Crippen LogP contribution in [0.3, 0.4) is 0 Å². The van der Waals surface area contributed by atoms with E-state index in [9.17, 15) is 4.79 Å². The second-order valence-electron chi connectivity index (χ2n) is 6.71. The molecule has 0 aliphatic rings. The lowest BCUT2D eigenvalue weighted by Gasteiger charge is -2.19. The van der Waals surface area contributed by atoms with Crippen molar-refractivity contribution in [1.82, 2.24) is 0 Å². The van der Waals surface area contributed by atoms with Crippen LogP contribution in [0.4, 0.5) is 0 Å². The number of hydrogen-bond acceptors (Lipinski definition) is 2. The highest BCUT2D eigenvalue weighted by Gasteiger charge is 2.13. The second kappa shape index (κ2) is 6.35. The first-order chi connectivity index (χ1) is 10.3. The summed E-state index contributed by atoms with van der Waals surface area (Å²) in [6.07, 6.45) is 0.814. The van der Waals surface area contributed by atoms with Crippen LogP contribution in [0.5, 0.6) is 5.75 Å². The Morgan fingerprint density at radius 1 is 1.00 bits per heavy atom. The molecule has 0 unspecified atom stereocenters. The quantitative estimate of drug-likeness (QED) is 0.758. The van der Waals surface area contributed by atoms with Gasteiger partial charge in [0.15, 0.2) is 5.78 Å². The molecule has 2 aromatic carbocycles. The average Bonchev–Trinajstić information content (AvgIpc) is 2.46. The molecule has 0 bridgehead atoms. The van der Waals surface area contributed by atoms with Crippen molar-refractivity contribution >= 4 is 5.78 Å². The minimum atomic E-state index is 0.0294. The molecule has 0 spiro atoms. The van der Waals surface area contributed by atoms with Gasteiger partial charge >= 0.3 is 0 Å². The van der Waals surface area contributed by atoms with Gasteiger partial charge in [-0.25, -0.2) is 0 Å². The monoisotopic (exact) mass is 296 g/mol. The summed E-state index contributed by atoms with van der Waals surface area (Å²) >= 11 is 0. The number of carbonyl (C=O) groups is 1. The zero-order valence-corrected chi connectivity index (χ0v) is 14.1. The summed E-state index contributed by atoms with van der Waals surface area (Å²) in [6, 6.07) is 14.5. The molecule has 0 heterocycles. The Morgan fingerprint density at radius 3 is 2.09 bits per heavy atom. The van der Waals surface area contributed by atoms with E-state index in [1.165, 1.54) is 11.1 Å². The van der Waals surface area contributed by atoms with E-state index >= 15 is 0 Å². The van der Waals surface area contributed by atoms with Crippen LogP contribution in [-0.4, -0.2) is 12.9 Å². The minimum Gasteiger partial charge on any atom is -0.496 e. The SMILES string of the molecule is COc1ccc(Cc2ccc(C(C)(C)C)cc2)cc1C(C)=O. The van der Waals surface area contributed by atoms with Gasteiger partial charge in [0.05, 0.1) is 12.7 Å². The number of Topliss-reactive ketones (excluding diaryl/α,β-unsaturated/α-hetero) is 1. The Bertz CT molecular complexity index is 661. The molecule has 0 N–H and O–H groups in total. The van der Waals surface area contributed by atoms with E-state index in [1.54, 1.807) is 14.0 Å². The van der Waals surface area contributed by atoms with Crippen molar-refractivity contribution in [3.05, 3.63) is 64.7 Å². The standard InChI is InChI=1S/C20H24O2/c1-14(21)18-13-16(8-11-19(18)22-5)12-15-6-9-17(10-7-15)20(2,3)4/h6-11,13H,12H2,1-5H3. The molecule has 0 amide bonds. The largest absolute Gasteiger partial charge is 0.496 e. The molecular weight excluding hydrogens is 272 g/mol. The number of methoxy groups -OCH3 is 1. The Morgan fingerprint density at radius 2 is 1.59 bits per heavy atom. The lowest BCUT2D eigenvalue weighted by Crippen LogP contribution is -2.10. The molecule has 2 nitrogen and oxygen atoms in total. The van der Waals surface area contributed by atoms with Crippen LogP contribution < -0.4 is 4.74 Å². The summed E-state index contributed by atoms with van der Waals surface area (Å²) in [7, 11) is 1.59. The van der Waals surface area contributed by atoms with Crippen LogP contribution in [0.25, 0.3) is 0 Å².